The van der Waals surface area contributed by atoms with Crippen molar-refractivity contribution in [1.29, 1.82) is 0 Å². The second kappa shape index (κ2) is 13.3. The maximum Gasteiger partial charge on any atom is 0.311 e. The lowest BCUT2D eigenvalue weighted by molar-refractivity contribution is -0.387. The van der Waals surface area contributed by atoms with Gasteiger partial charge in [0.15, 0.2) is 18.0 Å². The number of methoxy groups -OCH3 is 1. The highest BCUT2D eigenvalue weighted by Crippen LogP contribution is 2.35. The van der Waals surface area contributed by atoms with Crippen LogP contribution < -0.4 is 4.74 Å². The molecule has 2 rings (SSSR count). The molecule has 0 aromatic heterocycles. The Morgan fingerprint density at radius 2 is 1.54 bits per heavy atom. The highest BCUT2D eigenvalue weighted by molar-refractivity contribution is 7.85. The van der Waals surface area contributed by atoms with Gasteiger partial charge in [0.2, 0.25) is 12.4 Å². The van der Waals surface area contributed by atoms with E-state index in [2.05, 4.69) is 8.92 Å². The number of esters is 4. The molecule has 1 fully saturated rings. The first kappa shape index (κ1) is 31.4. The van der Waals surface area contributed by atoms with Crippen molar-refractivity contribution in [2.24, 2.45) is 0 Å². The van der Waals surface area contributed by atoms with E-state index in [0.717, 1.165) is 46.3 Å². The topological polar surface area (TPSA) is 210 Å². The fourth-order valence-corrected chi connectivity index (χ4v) is 3.91. The summed E-state index contributed by atoms with van der Waals surface area (Å²) in [6.07, 6.45) is -7.49. The zero-order valence-electron chi connectivity index (χ0n) is 21.5. The van der Waals surface area contributed by atoms with Gasteiger partial charge in [0.25, 0.3) is 10.1 Å². The van der Waals surface area contributed by atoms with Gasteiger partial charge in [-0.15, -0.1) is 0 Å². The molecular weight excluding hydrogens is 550 g/mol. The first-order valence-electron chi connectivity index (χ1n) is 11.1. The summed E-state index contributed by atoms with van der Waals surface area (Å²) in [7, 11) is -2.75. The highest BCUT2D eigenvalue weighted by atomic mass is 32.2. The molecule has 1 aliphatic heterocycles. The largest absolute Gasteiger partial charge is 0.469 e. The molecule has 0 aliphatic carbocycles. The molecule has 0 bridgehead atoms. The molecule has 17 heteroatoms. The third-order valence-electron chi connectivity index (χ3n) is 5.00. The second-order valence-electron chi connectivity index (χ2n) is 8.19. The van der Waals surface area contributed by atoms with Gasteiger partial charge >= 0.3 is 29.6 Å². The van der Waals surface area contributed by atoms with Crippen molar-refractivity contribution in [2.45, 2.75) is 64.5 Å². The van der Waals surface area contributed by atoms with E-state index < -0.39 is 94.1 Å². The van der Waals surface area contributed by atoms with Crippen molar-refractivity contribution >= 4 is 39.7 Å². The summed E-state index contributed by atoms with van der Waals surface area (Å²) in [4.78, 5) is 58.6. The van der Waals surface area contributed by atoms with E-state index >= 15 is 0 Å². The molecule has 0 saturated carbocycles. The van der Waals surface area contributed by atoms with Crippen LogP contribution in [-0.4, -0.2) is 81.3 Å². The van der Waals surface area contributed by atoms with Crippen molar-refractivity contribution in [1.82, 2.24) is 0 Å². The van der Waals surface area contributed by atoms with E-state index in [9.17, 15) is 37.7 Å². The average Bonchev–Trinajstić information content (AvgIpc) is 2.81. The number of hydrogen-bond acceptors (Lipinski definition) is 15. The first-order chi connectivity index (χ1) is 18.1. The summed E-state index contributed by atoms with van der Waals surface area (Å²) < 4.78 is 59.0. The Morgan fingerprint density at radius 3 is 2.05 bits per heavy atom. The predicted octanol–water partition coefficient (Wildman–Crippen LogP) is 0.533. The van der Waals surface area contributed by atoms with Crippen LogP contribution in [0.3, 0.4) is 0 Å². The quantitative estimate of drug-likeness (QED) is 0.115. The predicted molar refractivity (Wildman–Crippen MR) is 125 cm³/mol. The third-order valence-corrected chi connectivity index (χ3v) is 5.54. The summed E-state index contributed by atoms with van der Waals surface area (Å²) in [5, 5.41) is 11.8. The summed E-state index contributed by atoms with van der Waals surface area (Å²) in [5.74, 6) is -3.86. The number of carbonyl (C=O) groups is 4. The van der Waals surface area contributed by atoms with Crippen molar-refractivity contribution in [3.8, 4) is 5.75 Å². The molecule has 216 valence electrons. The van der Waals surface area contributed by atoms with Gasteiger partial charge in [-0.1, -0.05) is 6.07 Å². The summed E-state index contributed by atoms with van der Waals surface area (Å²) in [5.41, 5.74) is -0.540. The molecule has 1 aliphatic rings. The van der Waals surface area contributed by atoms with Crippen LogP contribution >= 0.6 is 0 Å². The third kappa shape index (κ3) is 9.45. The van der Waals surface area contributed by atoms with E-state index in [4.69, 9.17) is 23.7 Å². The molecule has 0 radical (unpaired) electrons. The van der Waals surface area contributed by atoms with E-state index in [1.807, 2.05) is 0 Å². The number of benzene rings is 1. The fourth-order valence-electron chi connectivity index (χ4n) is 3.56. The monoisotopic (exact) mass is 577 g/mol. The number of rotatable bonds is 11. The van der Waals surface area contributed by atoms with Crippen molar-refractivity contribution in [3.05, 3.63) is 33.9 Å². The van der Waals surface area contributed by atoms with Crippen LogP contribution in [0.4, 0.5) is 5.69 Å². The maximum atomic E-state index is 12.1. The fraction of sp³-hybridized carbons (Fsp3) is 0.545. The molecule has 39 heavy (non-hydrogen) atoms. The highest BCUT2D eigenvalue weighted by Gasteiger charge is 2.53. The van der Waals surface area contributed by atoms with Gasteiger partial charge in [0, 0.05) is 26.8 Å². The number of nitro groups is 1. The van der Waals surface area contributed by atoms with E-state index in [1.165, 1.54) is 6.07 Å². The summed E-state index contributed by atoms with van der Waals surface area (Å²) in [6.45, 7) is 2.58. The standard InChI is InChI=1S/C22H27NO15S/c1-11(24)34-19-17(9-18(27)32-4)38-22(21(36-13(3)26)20(19)35-12(2)25)37-16-7-6-14(8-15(16)23(28)29)10-33-39(5,30)31/h6-8,17,19-22H,9-10H2,1-5H3/t17?,19-,20+,21?,22-/m1/s1. The zero-order chi connectivity index (χ0) is 29.5. The van der Waals surface area contributed by atoms with Gasteiger partial charge in [-0.3, -0.25) is 33.5 Å². The average molecular weight is 578 g/mol. The Bertz CT molecular complexity index is 1210. The number of nitro benzene ring substituents is 1. The Morgan fingerprint density at radius 1 is 0.974 bits per heavy atom. The molecule has 0 amide bonds. The van der Waals surface area contributed by atoms with Gasteiger partial charge in [0.05, 0.1) is 31.3 Å². The molecule has 1 saturated heterocycles. The number of ether oxygens (including phenoxy) is 6. The number of carbonyl (C=O) groups excluding carboxylic acids is 4. The minimum Gasteiger partial charge on any atom is -0.469 e. The molecule has 2 unspecified atom stereocenters. The van der Waals surface area contributed by atoms with Crippen molar-refractivity contribution < 1.29 is 65.1 Å². The molecule has 5 atom stereocenters. The molecule has 1 heterocycles. The molecule has 1 aromatic carbocycles. The van der Waals surface area contributed by atoms with Gasteiger partial charge in [-0.05, 0) is 11.6 Å². The van der Waals surface area contributed by atoms with Crippen molar-refractivity contribution in [2.75, 3.05) is 13.4 Å². The second-order valence-corrected chi connectivity index (χ2v) is 9.83. The lowest BCUT2D eigenvalue weighted by atomic mass is 9.95. The van der Waals surface area contributed by atoms with Crippen LogP contribution in [0, 0.1) is 10.1 Å². The van der Waals surface area contributed by atoms with Gasteiger partial charge < -0.3 is 28.4 Å². The number of nitrogens with zero attached hydrogens (tertiary/aromatic N) is 1. The molecule has 16 nitrogen and oxygen atoms in total. The SMILES string of the molecule is COC(=O)CC1O[C@@H](Oc2ccc(COS(C)(=O)=O)cc2[N+](=O)[O-])C(OC(C)=O)[C@@H](OC(C)=O)[C@@H]1OC(C)=O. The summed E-state index contributed by atoms with van der Waals surface area (Å²) in [6, 6.07) is 3.37. The van der Waals surface area contributed by atoms with Crippen molar-refractivity contribution in [3.63, 3.8) is 0 Å². The summed E-state index contributed by atoms with van der Waals surface area (Å²) >= 11 is 0. The first-order valence-corrected chi connectivity index (χ1v) is 12.9. The smallest absolute Gasteiger partial charge is 0.311 e. The van der Waals surface area contributed by atoms with Gasteiger partial charge in [0.1, 0.15) is 6.10 Å². The van der Waals surface area contributed by atoms with Crippen LogP contribution in [0.2, 0.25) is 0 Å². The molecule has 0 spiro atoms. The van der Waals surface area contributed by atoms with Crippen LogP contribution in [0.25, 0.3) is 0 Å². The minimum atomic E-state index is -3.84. The molecule has 0 N–H and O–H groups in total. The van der Waals surface area contributed by atoms with Crippen LogP contribution in [0.5, 0.6) is 5.75 Å². The Labute approximate surface area is 222 Å². The number of hydrogen-bond donors (Lipinski definition) is 0. The van der Waals surface area contributed by atoms with Gasteiger partial charge in [-0.2, -0.15) is 8.42 Å². The van der Waals surface area contributed by atoms with E-state index in [1.54, 1.807) is 0 Å². The normalized spacial score (nSPS) is 22.7. The molecular formula is C22H27NO15S. The Hall–Kier alpha value is -3.83. The maximum absolute atomic E-state index is 12.1. The molecule has 1 aromatic rings. The van der Waals surface area contributed by atoms with E-state index in [-0.39, 0.29) is 5.56 Å². The van der Waals surface area contributed by atoms with Crippen LogP contribution in [0.15, 0.2) is 18.2 Å². The van der Waals surface area contributed by atoms with Gasteiger partial charge in [-0.25, -0.2) is 0 Å². The minimum absolute atomic E-state index is 0.108. The zero-order valence-corrected chi connectivity index (χ0v) is 22.3. The lowest BCUT2D eigenvalue weighted by Crippen LogP contribution is -2.63. The Kier molecular flexibility index (Phi) is 10.7. The lowest BCUT2D eigenvalue weighted by Gasteiger charge is -2.43. The van der Waals surface area contributed by atoms with Crippen LogP contribution in [-0.2, 0) is 63.8 Å². The Balaban J connectivity index is 2.55. The van der Waals surface area contributed by atoms with E-state index in [0.29, 0.717) is 0 Å². The van der Waals surface area contributed by atoms with Crippen LogP contribution in [0.1, 0.15) is 32.8 Å².